The minimum absolute atomic E-state index is 0.0361. The Morgan fingerprint density at radius 2 is 2.08 bits per heavy atom. The summed E-state index contributed by atoms with van der Waals surface area (Å²) < 4.78 is 10.8. The van der Waals surface area contributed by atoms with E-state index in [0.717, 1.165) is 0 Å². The number of nitrogens with one attached hydrogen (secondary N) is 3. The predicted octanol–water partition coefficient (Wildman–Crippen LogP) is 1.53. The average molecular weight is 343 g/mol. The van der Waals surface area contributed by atoms with Crippen molar-refractivity contribution in [1.82, 2.24) is 9.97 Å². The summed E-state index contributed by atoms with van der Waals surface area (Å²) in [6, 6.07) is 3.42. The van der Waals surface area contributed by atoms with E-state index in [9.17, 15) is 14.4 Å². The molecule has 1 aliphatic rings. The van der Waals surface area contributed by atoms with Gasteiger partial charge in [-0.1, -0.05) is 12.7 Å². The molecule has 0 saturated carbocycles. The third-order valence-corrected chi connectivity index (χ3v) is 3.87. The topological polar surface area (TPSA) is 117 Å². The minimum atomic E-state index is -0.803. The van der Waals surface area contributed by atoms with Crippen molar-refractivity contribution in [3.05, 3.63) is 74.0 Å². The molecular weight excluding hydrogens is 326 g/mol. The van der Waals surface area contributed by atoms with E-state index in [2.05, 4.69) is 21.9 Å². The largest absolute Gasteiger partial charge is 0.465 e. The highest BCUT2D eigenvalue weighted by Gasteiger charge is 2.37. The summed E-state index contributed by atoms with van der Waals surface area (Å²) in [4.78, 5) is 41.3. The molecule has 1 atom stereocenters. The quantitative estimate of drug-likeness (QED) is 0.572. The Morgan fingerprint density at radius 3 is 2.72 bits per heavy atom. The fraction of sp³-hybridized carbons (Fsp3) is 0.235. The molecule has 130 valence electrons. The normalized spacial score (nSPS) is 16.2. The standard InChI is InChI=1S/C17H17N3O5/c1-4-7-24-16(22)11-9(3)18-14-13(15(21)20-17(23)19-14)12(11)10-6-5-8(2)25-10/h4-6,12H,1,7H2,2-3H3,(H3,18,19,20,21,23). The highest BCUT2D eigenvalue weighted by Crippen LogP contribution is 2.39. The summed E-state index contributed by atoms with van der Waals surface area (Å²) >= 11 is 0. The summed E-state index contributed by atoms with van der Waals surface area (Å²) in [5, 5.41) is 2.89. The number of hydrogen-bond acceptors (Lipinski definition) is 6. The van der Waals surface area contributed by atoms with Gasteiger partial charge in [0.15, 0.2) is 0 Å². The third kappa shape index (κ3) is 2.93. The van der Waals surface area contributed by atoms with Gasteiger partial charge in [-0.2, -0.15) is 0 Å². The van der Waals surface area contributed by atoms with Crippen molar-refractivity contribution in [1.29, 1.82) is 0 Å². The lowest BCUT2D eigenvalue weighted by molar-refractivity contribution is -0.138. The van der Waals surface area contributed by atoms with Crippen LogP contribution >= 0.6 is 0 Å². The molecule has 3 N–H and O–H groups in total. The van der Waals surface area contributed by atoms with Crippen LogP contribution in [0.1, 0.15) is 29.9 Å². The maximum absolute atomic E-state index is 12.6. The molecule has 0 spiro atoms. The van der Waals surface area contributed by atoms with Crippen LogP contribution in [0.25, 0.3) is 0 Å². The first-order valence-electron chi connectivity index (χ1n) is 7.61. The minimum Gasteiger partial charge on any atom is -0.465 e. The number of H-pyrrole nitrogens is 2. The summed E-state index contributed by atoms with van der Waals surface area (Å²) in [6.45, 7) is 6.97. The number of carbonyl (C=O) groups excluding carboxylic acids is 1. The Balaban J connectivity index is 2.23. The van der Waals surface area contributed by atoms with Crippen LogP contribution in [-0.2, 0) is 9.53 Å². The van der Waals surface area contributed by atoms with Gasteiger partial charge in [0.05, 0.1) is 17.1 Å². The summed E-state index contributed by atoms with van der Waals surface area (Å²) in [5.41, 5.74) is -0.365. The number of aryl methyl sites for hydroxylation is 1. The SMILES string of the molecule is C=CCOC(=O)C1=C(C)Nc2[nH]c(=O)[nH]c(=O)c2C1c1ccc(C)o1. The van der Waals surface area contributed by atoms with Crippen molar-refractivity contribution in [3.63, 3.8) is 0 Å². The lowest BCUT2D eigenvalue weighted by Crippen LogP contribution is -2.34. The summed E-state index contributed by atoms with van der Waals surface area (Å²) in [5.74, 6) is -0.135. The highest BCUT2D eigenvalue weighted by atomic mass is 16.5. The Labute approximate surface area is 142 Å². The molecule has 1 unspecified atom stereocenters. The molecule has 2 aromatic rings. The first kappa shape index (κ1) is 16.6. The molecule has 8 nitrogen and oxygen atoms in total. The van der Waals surface area contributed by atoms with Crippen LogP contribution in [0.5, 0.6) is 0 Å². The maximum Gasteiger partial charge on any atom is 0.337 e. The van der Waals surface area contributed by atoms with E-state index in [-0.39, 0.29) is 23.6 Å². The van der Waals surface area contributed by atoms with Gasteiger partial charge < -0.3 is 14.5 Å². The van der Waals surface area contributed by atoms with Crippen LogP contribution in [0.3, 0.4) is 0 Å². The Hall–Kier alpha value is -3.29. The molecule has 8 heteroatoms. The van der Waals surface area contributed by atoms with Gasteiger partial charge in [0.2, 0.25) is 0 Å². The van der Waals surface area contributed by atoms with E-state index >= 15 is 0 Å². The van der Waals surface area contributed by atoms with Gasteiger partial charge in [-0.25, -0.2) is 9.59 Å². The zero-order valence-corrected chi connectivity index (χ0v) is 13.8. The van der Waals surface area contributed by atoms with Gasteiger partial charge in [-0.3, -0.25) is 14.8 Å². The molecule has 25 heavy (non-hydrogen) atoms. The maximum atomic E-state index is 12.6. The van der Waals surface area contributed by atoms with Crippen LogP contribution in [0, 0.1) is 6.92 Å². The van der Waals surface area contributed by atoms with Gasteiger partial charge in [-0.15, -0.1) is 0 Å². The van der Waals surface area contributed by atoms with Crippen molar-refractivity contribution < 1.29 is 13.9 Å². The zero-order valence-electron chi connectivity index (χ0n) is 13.8. The van der Waals surface area contributed by atoms with Crippen LogP contribution in [0.4, 0.5) is 5.82 Å². The number of ether oxygens (including phenoxy) is 1. The lowest BCUT2D eigenvalue weighted by atomic mass is 9.86. The van der Waals surface area contributed by atoms with E-state index in [1.165, 1.54) is 6.08 Å². The number of fused-ring (bicyclic) bond motifs is 1. The summed E-state index contributed by atoms with van der Waals surface area (Å²) in [7, 11) is 0. The fourth-order valence-corrected chi connectivity index (χ4v) is 2.86. The number of aromatic nitrogens is 2. The van der Waals surface area contributed by atoms with Gasteiger partial charge in [0.1, 0.15) is 23.9 Å². The number of furan rings is 1. The van der Waals surface area contributed by atoms with Crippen molar-refractivity contribution in [3.8, 4) is 0 Å². The number of esters is 1. The molecule has 0 radical (unpaired) electrons. The van der Waals surface area contributed by atoms with Gasteiger partial charge in [0.25, 0.3) is 5.56 Å². The number of rotatable bonds is 4. The second-order valence-corrected chi connectivity index (χ2v) is 5.63. The average Bonchev–Trinajstić information content (AvgIpc) is 2.97. The molecule has 0 bridgehead atoms. The predicted molar refractivity (Wildman–Crippen MR) is 90.5 cm³/mol. The molecule has 3 heterocycles. The Bertz CT molecular complexity index is 992. The Kier molecular flexibility index (Phi) is 4.18. The molecule has 2 aromatic heterocycles. The van der Waals surface area contributed by atoms with E-state index in [1.54, 1.807) is 26.0 Å². The van der Waals surface area contributed by atoms with Crippen molar-refractivity contribution >= 4 is 11.8 Å². The van der Waals surface area contributed by atoms with Gasteiger partial charge >= 0.3 is 11.7 Å². The first-order valence-corrected chi connectivity index (χ1v) is 7.61. The smallest absolute Gasteiger partial charge is 0.337 e. The molecule has 1 aliphatic heterocycles. The van der Waals surface area contributed by atoms with Crippen molar-refractivity contribution in [2.45, 2.75) is 19.8 Å². The number of aromatic amines is 2. The molecule has 0 fully saturated rings. The monoisotopic (exact) mass is 343 g/mol. The van der Waals surface area contributed by atoms with Crippen LogP contribution < -0.4 is 16.6 Å². The molecule has 3 rings (SSSR count). The molecule has 0 saturated heterocycles. The molecule has 0 aromatic carbocycles. The molecule has 0 aliphatic carbocycles. The van der Waals surface area contributed by atoms with Crippen LogP contribution in [0.15, 0.2) is 50.1 Å². The number of hydrogen-bond donors (Lipinski definition) is 3. The molecular formula is C17H17N3O5. The third-order valence-electron chi connectivity index (χ3n) is 3.87. The lowest BCUT2D eigenvalue weighted by Gasteiger charge is -2.27. The Morgan fingerprint density at radius 1 is 1.32 bits per heavy atom. The second kappa shape index (κ2) is 6.31. The van der Waals surface area contributed by atoms with Crippen LogP contribution in [0.2, 0.25) is 0 Å². The van der Waals surface area contributed by atoms with Crippen molar-refractivity contribution in [2.75, 3.05) is 11.9 Å². The number of allylic oxidation sites excluding steroid dienone is 1. The van der Waals surface area contributed by atoms with E-state index in [1.807, 2.05) is 0 Å². The number of anilines is 1. The van der Waals surface area contributed by atoms with E-state index in [0.29, 0.717) is 17.2 Å². The highest BCUT2D eigenvalue weighted by molar-refractivity contribution is 5.94. The van der Waals surface area contributed by atoms with Crippen LogP contribution in [-0.4, -0.2) is 22.5 Å². The molecule has 0 amide bonds. The zero-order chi connectivity index (χ0) is 18.1. The van der Waals surface area contributed by atoms with Gasteiger partial charge in [0, 0.05) is 5.70 Å². The van der Waals surface area contributed by atoms with E-state index in [4.69, 9.17) is 9.15 Å². The second-order valence-electron chi connectivity index (χ2n) is 5.63. The van der Waals surface area contributed by atoms with Gasteiger partial charge in [-0.05, 0) is 26.0 Å². The summed E-state index contributed by atoms with van der Waals surface area (Å²) in [6.07, 6.45) is 1.45. The van der Waals surface area contributed by atoms with Crippen molar-refractivity contribution in [2.24, 2.45) is 0 Å². The van der Waals surface area contributed by atoms with E-state index < -0.39 is 23.1 Å². The number of carbonyl (C=O) groups is 1. The first-order chi connectivity index (χ1) is 11.9. The fourth-order valence-electron chi connectivity index (χ4n) is 2.86.